The maximum Gasteiger partial charge on any atom is 0.325 e. The number of urea groups is 1. The average Bonchev–Trinajstić information content (AvgIpc) is 3.11. The van der Waals surface area contributed by atoms with Crippen LogP contribution < -0.4 is 5.32 Å². The summed E-state index contributed by atoms with van der Waals surface area (Å²) in [5.74, 6) is -0.429. The molecule has 7 heteroatoms. The highest BCUT2D eigenvalue weighted by Gasteiger charge is 2.55. The second-order valence-electron chi connectivity index (χ2n) is 10.2. The summed E-state index contributed by atoms with van der Waals surface area (Å²) in [4.78, 5) is 32.7. The Morgan fingerprint density at radius 2 is 1.75 bits per heavy atom. The third-order valence-corrected chi connectivity index (χ3v) is 7.34. The Hall–Kier alpha value is -3.03. The molecule has 2 aliphatic heterocycles. The number of piperidine rings is 1. The highest BCUT2D eigenvalue weighted by atomic mass is 19.1. The van der Waals surface area contributed by atoms with E-state index >= 15 is 0 Å². The predicted octanol–water partition coefficient (Wildman–Crippen LogP) is 4.04. The van der Waals surface area contributed by atoms with Crippen molar-refractivity contribution < 1.29 is 14.0 Å². The Balaban J connectivity index is 1.46. The Morgan fingerprint density at radius 1 is 1.06 bits per heavy atom. The number of rotatable bonds is 10. The summed E-state index contributed by atoms with van der Waals surface area (Å²) in [5, 5.41) is 3.12. The van der Waals surface area contributed by atoms with Crippen LogP contribution in [0.4, 0.5) is 9.18 Å². The molecule has 2 aromatic rings. The highest BCUT2D eigenvalue weighted by molar-refractivity contribution is 6.07. The molecule has 0 aromatic heterocycles. The molecule has 0 radical (unpaired) electrons. The lowest BCUT2D eigenvalue weighted by atomic mass is 9.74. The fourth-order valence-electron chi connectivity index (χ4n) is 5.37. The number of hydrogen-bond donors (Lipinski definition) is 1. The van der Waals surface area contributed by atoms with Crippen LogP contribution in [-0.2, 0) is 11.2 Å². The van der Waals surface area contributed by atoms with Crippen molar-refractivity contribution in [3.05, 3.63) is 77.6 Å². The molecule has 192 valence electrons. The largest absolute Gasteiger partial charge is 0.325 e. The lowest BCUT2D eigenvalue weighted by Crippen LogP contribution is -2.57. The van der Waals surface area contributed by atoms with Crippen LogP contribution in [0.15, 0.2) is 60.7 Å². The molecule has 1 atom stereocenters. The number of benzene rings is 2. The summed E-state index contributed by atoms with van der Waals surface area (Å²) in [7, 11) is 3.96. The van der Waals surface area contributed by atoms with E-state index in [2.05, 4.69) is 34.5 Å². The Kier molecular flexibility index (Phi) is 8.54. The van der Waals surface area contributed by atoms with Crippen LogP contribution in [0.3, 0.4) is 0 Å². The Labute approximate surface area is 213 Å². The van der Waals surface area contributed by atoms with Gasteiger partial charge in [-0.1, -0.05) is 54.6 Å². The van der Waals surface area contributed by atoms with Gasteiger partial charge in [0.25, 0.3) is 5.91 Å². The second-order valence-corrected chi connectivity index (χ2v) is 10.2. The summed E-state index contributed by atoms with van der Waals surface area (Å²) >= 11 is 0. The van der Waals surface area contributed by atoms with E-state index in [0.717, 1.165) is 51.0 Å². The summed E-state index contributed by atoms with van der Waals surface area (Å²) in [6.45, 7) is 3.77. The van der Waals surface area contributed by atoms with Crippen LogP contribution in [0.25, 0.3) is 6.08 Å². The molecular weight excluding hydrogens is 455 g/mol. The molecule has 2 fully saturated rings. The molecular formula is C29H37FN4O2. The van der Waals surface area contributed by atoms with Gasteiger partial charge in [-0.3, -0.25) is 14.6 Å². The minimum absolute atomic E-state index is 0.0206. The zero-order valence-electron chi connectivity index (χ0n) is 21.3. The third-order valence-electron chi connectivity index (χ3n) is 7.34. The molecule has 36 heavy (non-hydrogen) atoms. The number of nitrogens with one attached hydrogen (secondary N) is 1. The molecule has 2 heterocycles. The zero-order chi connectivity index (χ0) is 25.5. The second kappa shape index (κ2) is 11.8. The number of hydrogen-bond acceptors (Lipinski definition) is 4. The molecule has 2 aromatic carbocycles. The molecule has 6 nitrogen and oxygen atoms in total. The first-order valence-electron chi connectivity index (χ1n) is 12.8. The Bertz CT molecular complexity index is 1050. The van der Waals surface area contributed by atoms with Crippen molar-refractivity contribution in [2.75, 3.05) is 46.8 Å². The molecule has 0 saturated carbocycles. The molecule has 3 amide bonds. The number of imide groups is 1. The molecule has 0 aliphatic carbocycles. The number of carbonyl (C=O) groups excluding carboxylic acids is 2. The van der Waals surface area contributed by atoms with Gasteiger partial charge in [-0.05, 0) is 82.2 Å². The number of nitrogens with zero attached hydrogens (tertiary/aromatic N) is 3. The van der Waals surface area contributed by atoms with E-state index in [1.165, 1.54) is 22.6 Å². The van der Waals surface area contributed by atoms with Gasteiger partial charge in [-0.2, -0.15) is 0 Å². The van der Waals surface area contributed by atoms with Crippen LogP contribution in [0.2, 0.25) is 0 Å². The van der Waals surface area contributed by atoms with Gasteiger partial charge in [0.15, 0.2) is 0 Å². The first kappa shape index (κ1) is 26.0. The van der Waals surface area contributed by atoms with E-state index in [0.29, 0.717) is 13.0 Å². The highest BCUT2D eigenvalue weighted by Crippen LogP contribution is 2.36. The molecule has 1 unspecified atom stereocenters. The topological polar surface area (TPSA) is 55.9 Å². The quantitative estimate of drug-likeness (QED) is 0.509. The van der Waals surface area contributed by atoms with Crippen molar-refractivity contribution in [1.82, 2.24) is 20.0 Å². The third kappa shape index (κ3) is 6.20. The Morgan fingerprint density at radius 3 is 2.42 bits per heavy atom. The van der Waals surface area contributed by atoms with Crippen LogP contribution in [0, 0.1) is 11.7 Å². The minimum atomic E-state index is -0.987. The summed E-state index contributed by atoms with van der Waals surface area (Å²) in [6.07, 6.45) is 7.05. The van der Waals surface area contributed by atoms with Crippen molar-refractivity contribution in [2.24, 2.45) is 5.92 Å². The van der Waals surface area contributed by atoms with Gasteiger partial charge >= 0.3 is 6.03 Å². The zero-order valence-corrected chi connectivity index (χ0v) is 21.3. The molecule has 2 saturated heterocycles. The fraction of sp³-hybridized carbons (Fsp3) is 0.448. The summed E-state index contributed by atoms with van der Waals surface area (Å²) < 4.78 is 13.5. The number of amides is 3. The monoisotopic (exact) mass is 492 g/mol. The van der Waals surface area contributed by atoms with Gasteiger partial charge in [0.05, 0.1) is 0 Å². The molecule has 0 spiro atoms. The summed E-state index contributed by atoms with van der Waals surface area (Å²) in [5.41, 5.74) is 1.05. The lowest BCUT2D eigenvalue weighted by molar-refractivity contribution is -0.134. The van der Waals surface area contributed by atoms with Crippen LogP contribution in [0.5, 0.6) is 0 Å². The van der Waals surface area contributed by atoms with Crippen molar-refractivity contribution in [2.45, 2.75) is 31.2 Å². The molecule has 4 rings (SSSR count). The fourth-order valence-corrected chi connectivity index (χ4v) is 5.37. The first-order chi connectivity index (χ1) is 17.4. The van der Waals surface area contributed by atoms with Gasteiger partial charge in [0.2, 0.25) is 0 Å². The van der Waals surface area contributed by atoms with E-state index in [1.54, 1.807) is 12.1 Å². The van der Waals surface area contributed by atoms with Gasteiger partial charge in [0, 0.05) is 19.5 Å². The van der Waals surface area contributed by atoms with E-state index in [9.17, 15) is 14.0 Å². The number of carbonyl (C=O) groups is 2. The number of halogens is 1. The SMILES string of the molecule is CN(C)CCCN1C(=O)NC(Cc2ccc(F)cc2)(C2CCN(C/C=C/c3ccccc3)CC2)C1=O. The summed E-state index contributed by atoms with van der Waals surface area (Å²) in [6, 6.07) is 16.2. The number of likely N-dealkylation sites (tertiary alicyclic amines) is 1. The standard InChI is InChI=1S/C29H37FN4O2/c1-32(2)17-7-19-34-27(35)29(31-28(34)36,22-24-11-13-26(30)14-12-24)25-15-20-33(21-16-25)18-6-10-23-8-4-3-5-9-23/h3-6,8-14,25H,7,15-22H2,1-2H3,(H,31,36)/b10-6+. The van der Waals surface area contributed by atoms with Crippen LogP contribution in [-0.4, -0.2) is 79.0 Å². The van der Waals surface area contributed by atoms with Gasteiger partial charge in [0.1, 0.15) is 11.4 Å². The maximum absolute atomic E-state index is 13.8. The molecule has 2 aliphatic rings. The molecule has 0 bridgehead atoms. The first-order valence-corrected chi connectivity index (χ1v) is 12.8. The predicted molar refractivity (Wildman–Crippen MR) is 141 cm³/mol. The molecule has 1 N–H and O–H groups in total. The van der Waals surface area contributed by atoms with Crippen LogP contribution in [0.1, 0.15) is 30.4 Å². The van der Waals surface area contributed by atoms with E-state index in [1.807, 2.05) is 37.2 Å². The lowest BCUT2D eigenvalue weighted by Gasteiger charge is -2.41. The minimum Gasteiger partial charge on any atom is -0.322 e. The van der Waals surface area contributed by atoms with Gasteiger partial charge in [-0.15, -0.1) is 0 Å². The average molecular weight is 493 g/mol. The van der Waals surface area contributed by atoms with Crippen molar-refractivity contribution in [3.63, 3.8) is 0 Å². The van der Waals surface area contributed by atoms with Crippen molar-refractivity contribution in [1.29, 1.82) is 0 Å². The van der Waals surface area contributed by atoms with Crippen molar-refractivity contribution >= 4 is 18.0 Å². The smallest absolute Gasteiger partial charge is 0.322 e. The van der Waals surface area contributed by atoms with Crippen LogP contribution >= 0.6 is 0 Å². The van der Waals surface area contributed by atoms with E-state index in [-0.39, 0.29) is 23.7 Å². The van der Waals surface area contributed by atoms with Gasteiger partial charge < -0.3 is 10.2 Å². The van der Waals surface area contributed by atoms with E-state index in [4.69, 9.17) is 0 Å². The van der Waals surface area contributed by atoms with Gasteiger partial charge in [-0.25, -0.2) is 9.18 Å². The van der Waals surface area contributed by atoms with E-state index < -0.39 is 5.54 Å². The normalized spacial score (nSPS) is 21.6. The maximum atomic E-state index is 13.8. The van der Waals surface area contributed by atoms with Crippen molar-refractivity contribution in [3.8, 4) is 0 Å².